The van der Waals surface area contributed by atoms with Gasteiger partial charge in [-0.05, 0) is 51.7 Å². The molecule has 1 N–H and O–H groups in total. The normalized spacial score (nSPS) is 31.9. The van der Waals surface area contributed by atoms with Crippen molar-refractivity contribution in [2.24, 2.45) is 0 Å². The molecule has 16 heavy (non-hydrogen) atoms. The third-order valence-corrected chi connectivity index (χ3v) is 4.33. The quantitative estimate of drug-likeness (QED) is 0.699. The van der Waals surface area contributed by atoms with Crippen molar-refractivity contribution in [1.29, 1.82) is 0 Å². The minimum absolute atomic E-state index is 0.881. The molecular formula is C13H25N3. The van der Waals surface area contributed by atoms with Crippen molar-refractivity contribution >= 4 is 0 Å². The topological polar surface area (TPSA) is 18.5 Å². The Morgan fingerprint density at radius 3 is 2.88 bits per heavy atom. The summed E-state index contributed by atoms with van der Waals surface area (Å²) in [6.07, 6.45) is 7.04. The predicted molar refractivity (Wildman–Crippen MR) is 66.7 cm³/mol. The van der Waals surface area contributed by atoms with Gasteiger partial charge in [0.1, 0.15) is 0 Å². The maximum absolute atomic E-state index is 3.61. The van der Waals surface area contributed by atoms with E-state index in [1.54, 1.807) is 0 Å². The summed E-state index contributed by atoms with van der Waals surface area (Å²) in [5, 5.41) is 3.61. The highest BCUT2D eigenvalue weighted by Crippen LogP contribution is 2.21. The van der Waals surface area contributed by atoms with E-state index in [1.165, 1.54) is 71.4 Å². The number of nitrogens with one attached hydrogen (secondary N) is 1. The van der Waals surface area contributed by atoms with Crippen LogP contribution in [0.1, 0.15) is 32.1 Å². The van der Waals surface area contributed by atoms with Crippen molar-refractivity contribution in [3.63, 3.8) is 0 Å². The monoisotopic (exact) mass is 223 g/mol. The molecule has 0 radical (unpaired) electrons. The van der Waals surface area contributed by atoms with Crippen LogP contribution >= 0.6 is 0 Å². The Morgan fingerprint density at radius 2 is 2.00 bits per heavy atom. The standard InChI is InChI=1S/C13H25N3/c1-3-13-11-15(9-10-16(13)8-1)7-2-6-14-12-4-5-12/h12-14H,1-11H2. The van der Waals surface area contributed by atoms with Gasteiger partial charge in [-0.25, -0.2) is 0 Å². The van der Waals surface area contributed by atoms with Crippen LogP contribution in [0.4, 0.5) is 0 Å². The number of fused-ring (bicyclic) bond motifs is 1. The first-order valence-corrected chi connectivity index (χ1v) is 7.11. The summed E-state index contributed by atoms with van der Waals surface area (Å²) in [6.45, 7) is 7.87. The average Bonchev–Trinajstić information content (AvgIpc) is 3.01. The fourth-order valence-corrected chi connectivity index (χ4v) is 3.15. The van der Waals surface area contributed by atoms with Gasteiger partial charge >= 0.3 is 0 Å². The fourth-order valence-electron chi connectivity index (χ4n) is 3.15. The minimum Gasteiger partial charge on any atom is -0.314 e. The molecule has 1 atom stereocenters. The summed E-state index contributed by atoms with van der Waals surface area (Å²) < 4.78 is 0. The molecule has 2 saturated heterocycles. The minimum atomic E-state index is 0.881. The van der Waals surface area contributed by atoms with E-state index < -0.39 is 0 Å². The van der Waals surface area contributed by atoms with Crippen LogP contribution in [0.25, 0.3) is 0 Å². The molecular weight excluding hydrogens is 198 g/mol. The molecule has 0 spiro atoms. The SMILES string of the molecule is C(CNC1CC1)CN1CCN2CCCC2C1. The van der Waals surface area contributed by atoms with Crippen molar-refractivity contribution in [1.82, 2.24) is 15.1 Å². The summed E-state index contributed by atoms with van der Waals surface area (Å²) in [4.78, 5) is 5.38. The maximum Gasteiger partial charge on any atom is 0.0224 e. The number of piperazine rings is 1. The Morgan fingerprint density at radius 1 is 1.06 bits per heavy atom. The summed E-state index contributed by atoms with van der Waals surface area (Å²) >= 11 is 0. The number of hydrogen-bond acceptors (Lipinski definition) is 3. The van der Waals surface area contributed by atoms with Crippen molar-refractivity contribution in [3.05, 3.63) is 0 Å². The molecule has 3 fully saturated rings. The molecule has 3 heteroatoms. The molecule has 2 aliphatic heterocycles. The molecule has 0 amide bonds. The Balaban J connectivity index is 1.32. The highest BCUT2D eigenvalue weighted by atomic mass is 15.3. The van der Waals surface area contributed by atoms with Gasteiger partial charge in [0.2, 0.25) is 0 Å². The first-order chi connectivity index (χ1) is 7.92. The van der Waals surface area contributed by atoms with Crippen LogP contribution in [0.3, 0.4) is 0 Å². The number of rotatable bonds is 5. The third kappa shape index (κ3) is 2.76. The van der Waals surface area contributed by atoms with Crippen molar-refractivity contribution in [2.45, 2.75) is 44.2 Å². The van der Waals surface area contributed by atoms with Crippen molar-refractivity contribution in [2.75, 3.05) is 39.3 Å². The zero-order valence-corrected chi connectivity index (χ0v) is 10.3. The molecule has 3 rings (SSSR count). The van der Waals surface area contributed by atoms with E-state index >= 15 is 0 Å². The predicted octanol–water partition coefficient (Wildman–Crippen LogP) is 0.909. The van der Waals surface area contributed by atoms with Gasteiger partial charge in [0.15, 0.2) is 0 Å². The number of hydrogen-bond donors (Lipinski definition) is 1. The first-order valence-electron chi connectivity index (χ1n) is 7.11. The second kappa shape index (κ2) is 5.03. The van der Waals surface area contributed by atoms with Gasteiger partial charge in [-0.1, -0.05) is 0 Å². The van der Waals surface area contributed by atoms with Crippen LogP contribution < -0.4 is 5.32 Å². The zero-order valence-electron chi connectivity index (χ0n) is 10.3. The van der Waals surface area contributed by atoms with Crippen LogP contribution in [-0.2, 0) is 0 Å². The lowest BCUT2D eigenvalue weighted by Crippen LogP contribution is -2.50. The molecule has 0 aromatic carbocycles. The second-order valence-electron chi connectivity index (χ2n) is 5.71. The van der Waals surface area contributed by atoms with Crippen molar-refractivity contribution in [3.8, 4) is 0 Å². The molecule has 1 saturated carbocycles. The van der Waals surface area contributed by atoms with E-state index in [-0.39, 0.29) is 0 Å². The summed E-state index contributed by atoms with van der Waals surface area (Å²) in [5.41, 5.74) is 0. The molecule has 0 aromatic heterocycles. The van der Waals surface area contributed by atoms with Gasteiger partial charge in [-0.2, -0.15) is 0 Å². The largest absolute Gasteiger partial charge is 0.314 e. The molecule has 1 aliphatic carbocycles. The van der Waals surface area contributed by atoms with Crippen LogP contribution in [0, 0.1) is 0 Å². The maximum atomic E-state index is 3.61. The summed E-state index contributed by atoms with van der Waals surface area (Å²) in [5.74, 6) is 0. The second-order valence-corrected chi connectivity index (χ2v) is 5.71. The molecule has 0 aromatic rings. The first kappa shape index (κ1) is 11.0. The van der Waals surface area contributed by atoms with Gasteiger partial charge in [-0.15, -0.1) is 0 Å². The smallest absolute Gasteiger partial charge is 0.0224 e. The van der Waals surface area contributed by atoms with Crippen LogP contribution in [0.15, 0.2) is 0 Å². The van der Waals surface area contributed by atoms with Gasteiger partial charge in [0.05, 0.1) is 0 Å². The van der Waals surface area contributed by atoms with E-state index in [1.807, 2.05) is 0 Å². The highest BCUT2D eigenvalue weighted by Gasteiger charge is 2.30. The number of nitrogens with zero attached hydrogens (tertiary/aromatic N) is 2. The van der Waals surface area contributed by atoms with E-state index in [9.17, 15) is 0 Å². The Hall–Kier alpha value is -0.120. The van der Waals surface area contributed by atoms with Crippen LogP contribution in [0.2, 0.25) is 0 Å². The molecule has 2 heterocycles. The molecule has 3 aliphatic rings. The summed E-state index contributed by atoms with van der Waals surface area (Å²) in [7, 11) is 0. The van der Waals surface area contributed by atoms with Crippen LogP contribution in [-0.4, -0.2) is 61.2 Å². The van der Waals surface area contributed by atoms with Crippen LogP contribution in [0.5, 0.6) is 0 Å². The van der Waals surface area contributed by atoms with E-state index in [4.69, 9.17) is 0 Å². The molecule has 1 unspecified atom stereocenters. The lowest BCUT2D eigenvalue weighted by Gasteiger charge is -2.37. The van der Waals surface area contributed by atoms with Crippen molar-refractivity contribution < 1.29 is 0 Å². The van der Waals surface area contributed by atoms with Gasteiger partial charge < -0.3 is 10.2 Å². The fraction of sp³-hybridized carbons (Fsp3) is 1.00. The Kier molecular flexibility index (Phi) is 3.46. The van der Waals surface area contributed by atoms with E-state index in [2.05, 4.69) is 15.1 Å². The zero-order chi connectivity index (χ0) is 10.8. The molecule has 92 valence electrons. The van der Waals surface area contributed by atoms with Gasteiger partial charge in [0, 0.05) is 31.7 Å². The highest BCUT2D eigenvalue weighted by molar-refractivity contribution is 4.87. The third-order valence-electron chi connectivity index (χ3n) is 4.33. The Bertz CT molecular complexity index is 227. The average molecular weight is 223 g/mol. The lowest BCUT2D eigenvalue weighted by atomic mass is 10.1. The van der Waals surface area contributed by atoms with Gasteiger partial charge in [-0.3, -0.25) is 4.90 Å². The molecule has 0 bridgehead atoms. The van der Waals surface area contributed by atoms with Gasteiger partial charge in [0.25, 0.3) is 0 Å². The van der Waals surface area contributed by atoms with E-state index in [0.717, 1.165) is 12.1 Å². The Labute approximate surface area is 99.2 Å². The molecule has 3 nitrogen and oxygen atoms in total. The van der Waals surface area contributed by atoms with E-state index in [0.29, 0.717) is 0 Å². The lowest BCUT2D eigenvalue weighted by molar-refractivity contribution is 0.104. The summed E-state index contributed by atoms with van der Waals surface area (Å²) in [6, 6.07) is 1.77.